The Morgan fingerprint density at radius 3 is 2.48 bits per heavy atom. The molecule has 1 N–H and O–H groups in total. The van der Waals surface area contributed by atoms with Gasteiger partial charge in [0, 0.05) is 22.0 Å². The van der Waals surface area contributed by atoms with Gasteiger partial charge in [0.2, 0.25) is 0 Å². The molecule has 0 atom stereocenters. The van der Waals surface area contributed by atoms with Crippen LogP contribution in [0, 0.1) is 12.7 Å². The van der Waals surface area contributed by atoms with E-state index in [0.29, 0.717) is 10.4 Å². The average molecular weight is 489 g/mol. The Kier molecular flexibility index (Phi) is 6.13. The highest BCUT2D eigenvalue weighted by Gasteiger charge is 2.29. The van der Waals surface area contributed by atoms with Crippen LogP contribution in [0.4, 0.5) is 14.6 Å². The van der Waals surface area contributed by atoms with Crippen molar-refractivity contribution in [2.45, 2.75) is 25.0 Å². The Hall–Kier alpha value is -3.37. The van der Waals surface area contributed by atoms with Gasteiger partial charge in [-0.1, -0.05) is 24.3 Å². The number of aromatic nitrogens is 1. The van der Waals surface area contributed by atoms with Crippen molar-refractivity contribution >= 4 is 43.9 Å². The van der Waals surface area contributed by atoms with Crippen LogP contribution in [0.1, 0.15) is 25.7 Å². The van der Waals surface area contributed by atoms with Crippen LogP contribution in [0.3, 0.4) is 0 Å². The van der Waals surface area contributed by atoms with Crippen LogP contribution in [-0.2, 0) is 23.2 Å². The molecule has 0 radical (unpaired) electrons. The number of fused-ring (bicyclic) bond motifs is 1. The van der Waals surface area contributed by atoms with Gasteiger partial charge in [0.15, 0.2) is 0 Å². The predicted octanol–water partition coefficient (Wildman–Crippen LogP) is 5.31. The lowest BCUT2D eigenvalue weighted by Gasteiger charge is -2.25. The first-order chi connectivity index (χ1) is 15.7. The van der Waals surface area contributed by atoms with Crippen molar-refractivity contribution in [2.24, 2.45) is 0 Å². The topological polar surface area (TPSA) is 87.6 Å². The van der Waals surface area contributed by atoms with Crippen LogP contribution >= 0.6 is 11.3 Å². The molecular weight excluding hydrogens is 470 g/mol. The third-order valence-electron chi connectivity index (χ3n) is 5.18. The molecule has 0 bridgehead atoms. The summed E-state index contributed by atoms with van der Waals surface area (Å²) in [5.74, 6) is -1.77. The molecular formula is C23H18F2N2O4S2. The highest BCUT2D eigenvalue weighted by atomic mass is 32.2. The van der Waals surface area contributed by atoms with Crippen molar-refractivity contribution in [3.05, 3.63) is 87.5 Å². The minimum atomic E-state index is -4.23. The first kappa shape index (κ1) is 22.8. The molecule has 2 heterocycles. The Balaban J connectivity index is 1.87. The summed E-state index contributed by atoms with van der Waals surface area (Å²) in [6.07, 6.45) is 1.55. The molecule has 4 rings (SSSR count). The molecule has 0 aliphatic carbocycles. The average Bonchev–Trinajstić information content (AvgIpc) is 3.17. The van der Waals surface area contributed by atoms with Gasteiger partial charge >= 0.3 is 5.97 Å². The third kappa shape index (κ3) is 4.31. The van der Waals surface area contributed by atoms with E-state index in [-0.39, 0.29) is 27.7 Å². The maximum absolute atomic E-state index is 14.0. The van der Waals surface area contributed by atoms with Gasteiger partial charge in [0.25, 0.3) is 10.0 Å². The first-order valence-corrected chi connectivity index (χ1v) is 12.0. The number of anilines is 1. The van der Waals surface area contributed by atoms with E-state index in [2.05, 4.69) is 4.98 Å². The third-order valence-corrected chi connectivity index (χ3v) is 7.99. The summed E-state index contributed by atoms with van der Waals surface area (Å²) in [5.41, 5.74) is 0.537. The highest BCUT2D eigenvalue weighted by Crippen LogP contribution is 2.33. The van der Waals surface area contributed by atoms with Gasteiger partial charge in [0.1, 0.15) is 18.3 Å². The molecule has 2 aromatic heterocycles. The monoisotopic (exact) mass is 488 g/mol. The molecule has 10 heteroatoms. The van der Waals surface area contributed by atoms with Crippen LogP contribution < -0.4 is 4.31 Å². The standard InChI is InChI=1S/C23H18F2N2O4S2/c1-14-19-5-3-2-4-16(19)12-26-22(14)27(13-17-10-20(25)21(11-24)32-17)33(30,31)18-8-6-15(7-9-18)23(28)29/h2-10,12H,11,13H2,1H3,(H,28,29). The number of halogens is 2. The van der Waals surface area contributed by atoms with Crippen molar-refractivity contribution < 1.29 is 27.1 Å². The number of nitrogens with zero attached hydrogens (tertiary/aromatic N) is 2. The summed E-state index contributed by atoms with van der Waals surface area (Å²) in [5, 5.41) is 10.7. The van der Waals surface area contributed by atoms with Crippen molar-refractivity contribution in [3.8, 4) is 0 Å². The van der Waals surface area contributed by atoms with E-state index in [9.17, 15) is 22.0 Å². The van der Waals surface area contributed by atoms with Gasteiger partial charge in [-0.25, -0.2) is 31.3 Å². The molecule has 0 aliphatic rings. The van der Waals surface area contributed by atoms with E-state index in [1.165, 1.54) is 24.3 Å². The smallest absolute Gasteiger partial charge is 0.335 e. The minimum Gasteiger partial charge on any atom is -0.478 e. The number of sulfonamides is 1. The van der Waals surface area contributed by atoms with Crippen molar-refractivity contribution in [1.29, 1.82) is 0 Å². The summed E-state index contributed by atoms with van der Waals surface area (Å²) >= 11 is 0.848. The van der Waals surface area contributed by atoms with Crippen LogP contribution in [0.5, 0.6) is 0 Å². The number of pyridine rings is 1. The molecule has 0 amide bonds. The molecule has 0 saturated heterocycles. The number of thiophene rings is 1. The summed E-state index contributed by atoms with van der Waals surface area (Å²) in [6.45, 7) is 0.479. The van der Waals surface area contributed by atoms with E-state index >= 15 is 0 Å². The fourth-order valence-electron chi connectivity index (χ4n) is 3.49. The second-order valence-electron chi connectivity index (χ2n) is 7.25. The van der Waals surface area contributed by atoms with Gasteiger partial charge < -0.3 is 5.11 Å². The summed E-state index contributed by atoms with van der Waals surface area (Å²) < 4.78 is 55.4. The second-order valence-corrected chi connectivity index (χ2v) is 10.3. The molecule has 0 aliphatic heterocycles. The van der Waals surface area contributed by atoms with E-state index in [1.807, 2.05) is 24.3 Å². The van der Waals surface area contributed by atoms with Crippen molar-refractivity contribution in [2.75, 3.05) is 4.31 Å². The number of hydrogen-bond acceptors (Lipinski definition) is 5. The molecule has 170 valence electrons. The number of aryl methyl sites for hydroxylation is 1. The first-order valence-electron chi connectivity index (χ1n) is 9.76. The largest absolute Gasteiger partial charge is 0.478 e. The maximum Gasteiger partial charge on any atom is 0.335 e. The molecule has 4 aromatic rings. The predicted molar refractivity (Wildman–Crippen MR) is 122 cm³/mol. The number of carbonyl (C=O) groups is 1. The van der Waals surface area contributed by atoms with Gasteiger partial charge in [-0.3, -0.25) is 0 Å². The molecule has 6 nitrogen and oxygen atoms in total. The second kappa shape index (κ2) is 8.87. The van der Waals surface area contributed by atoms with Gasteiger partial charge in [0.05, 0.1) is 21.9 Å². The summed E-state index contributed by atoms with van der Waals surface area (Å²) in [7, 11) is -4.23. The lowest BCUT2D eigenvalue weighted by atomic mass is 10.1. The molecule has 0 unspecified atom stereocenters. The zero-order chi connectivity index (χ0) is 23.8. The Bertz CT molecular complexity index is 1450. The Morgan fingerprint density at radius 1 is 1.15 bits per heavy atom. The van der Waals surface area contributed by atoms with Gasteiger partial charge in [-0.15, -0.1) is 11.3 Å². The fraction of sp³-hybridized carbons (Fsp3) is 0.130. The summed E-state index contributed by atoms with van der Waals surface area (Å²) in [6, 6.07) is 13.3. The summed E-state index contributed by atoms with van der Waals surface area (Å²) in [4.78, 5) is 15.6. The van der Waals surface area contributed by atoms with E-state index in [4.69, 9.17) is 5.11 Å². The Morgan fingerprint density at radius 2 is 1.85 bits per heavy atom. The molecule has 33 heavy (non-hydrogen) atoms. The van der Waals surface area contributed by atoms with Crippen LogP contribution in [0.25, 0.3) is 10.8 Å². The Labute approximate surface area is 192 Å². The number of rotatable bonds is 7. The highest BCUT2D eigenvalue weighted by molar-refractivity contribution is 7.92. The number of benzene rings is 2. The number of carboxylic acids is 1. The van der Waals surface area contributed by atoms with E-state index in [1.54, 1.807) is 13.1 Å². The lowest BCUT2D eigenvalue weighted by Crippen LogP contribution is -2.31. The van der Waals surface area contributed by atoms with E-state index in [0.717, 1.165) is 32.5 Å². The zero-order valence-electron chi connectivity index (χ0n) is 17.3. The SMILES string of the molecule is Cc1c(N(Cc2cc(F)c(CF)s2)S(=O)(=O)c2ccc(C(=O)O)cc2)ncc2ccccc12. The molecule has 0 fully saturated rings. The van der Waals surface area contributed by atoms with Crippen molar-refractivity contribution in [3.63, 3.8) is 0 Å². The normalized spacial score (nSPS) is 11.6. The number of alkyl halides is 1. The molecule has 0 spiro atoms. The van der Waals surface area contributed by atoms with Crippen LogP contribution in [0.2, 0.25) is 0 Å². The molecule has 2 aromatic carbocycles. The molecule has 0 saturated carbocycles. The number of carboxylic acid groups (broad SMARTS) is 1. The van der Waals surface area contributed by atoms with Crippen LogP contribution in [-0.4, -0.2) is 24.5 Å². The van der Waals surface area contributed by atoms with Crippen LogP contribution in [0.15, 0.2) is 65.7 Å². The number of hydrogen-bond donors (Lipinski definition) is 1. The zero-order valence-corrected chi connectivity index (χ0v) is 19.0. The lowest BCUT2D eigenvalue weighted by molar-refractivity contribution is 0.0696. The minimum absolute atomic E-state index is 0.0616. The van der Waals surface area contributed by atoms with E-state index < -0.39 is 28.5 Å². The van der Waals surface area contributed by atoms with Gasteiger partial charge in [-0.05, 0) is 42.6 Å². The maximum atomic E-state index is 14.0. The quantitative estimate of drug-likeness (QED) is 0.381. The fourth-order valence-corrected chi connectivity index (χ4v) is 5.91. The van der Waals surface area contributed by atoms with Gasteiger partial charge in [-0.2, -0.15) is 0 Å². The number of aromatic carboxylic acids is 1. The van der Waals surface area contributed by atoms with Crippen molar-refractivity contribution in [1.82, 2.24) is 4.98 Å².